The first-order valence-corrected chi connectivity index (χ1v) is 7.67. The van der Waals surface area contributed by atoms with Crippen LogP contribution in [-0.4, -0.2) is 31.6 Å². The molecule has 0 spiro atoms. The molecule has 1 N–H and O–H groups in total. The average molecular weight is 313 g/mol. The molecule has 1 amide bonds. The van der Waals surface area contributed by atoms with Gasteiger partial charge in [0.05, 0.1) is 18.7 Å². The minimum absolute atomic E-state index is 0.0996. The molecule has 0 saturated carbocycles. The third-order valence-corrected chi connectivity index (χ3v) is 3.89. The molecule has 0 fully saturated rings. The van der Waals surface area contributed by atoms with Crippen molar-refractivity contribution >= 4 is 11.7 Å². The molecule has 1 atom stereocenters. The molecule has 1 heterocycles. The lowest BCUT2D eigenvalue weighted by molar-refractivity contribution is 0.0955. The number of pyridine rings is 1. The third kappa shape index (κ3) is 4.00. The van der Waals surface area contributed by atoms with E-state index in [-0.39, 0.29) is 11.9 Å². The van der Waals surface area contributed by atoms with Crippen LogP contribution in [0, 0.1) is 0 Å². The molecular formula is C18H23N3O2. The van der Waals surface area contributed by atoms with Gasteiger partial charge in [-0.15, -0.1) is 0 Å². The van der Waals surface area contributed by atoms with Crippen LogP contribution in [0.4, 0.5) is 5.82 Å². The molecule has 0 bridgehead atoms. The molecule has 0 saturated heterocycles. The molecule has 122 valence electrons. The van der Waals surface area contributed by atoms with Gasteiger partial charge in [0, 0.05) is 19.8 Å². The second-order valence-electron chi connectivity index (χ2n) is 5.32. The van der Waals surface area contributed by atoms with Crippen molar-refractivity contribution in [2.45, 2.75) is 19.9 Å². The first-order chi connectivity index (χ1) is 11.1. The van der Waals surface area contributed by atoms with Crippen molar-refractivity contribution < 1.29 is 9.53 Å². The topological polar surface area (TPSA) is 54.5 Å². The van der Waals surface area contributed by atoms with E-state index in [0.717, 1.165) is 11.6 Å². The van der Waals surface area contributed by atoms with E-state index < -0.39 is 0 Å². The number of methoxy groups -OCH3 is 1. The van der Waals surface area contributed by atoms with Gasteiger partial charge >= 0.3 is 0 Å². The predicted molar refractivity (Wildman–Crippen MR) is 92.1 cm³/mol. The standard InChI is InChI=1S/C18H23N3O2/c1-5-19-18(22)15-8-11-17(20-12-15)21(3)13(2)14-6-9-16(23-4)10-7-14/h6-13H,5H2,1-4H3,(H,19,22). The highest BCUT2D eigenvalue weighted by Gasteiger charge is 2.14. The van der Waals surface area contributed by atoms with Gasteiger partial charge in [0.25, 0.3) is 5.91 Å². The van der Waals surface area contributed by atoms with Gasteiger partial charge in [0.2, 0.25) is 0 Å². The van der Waals surface area contributed by atoms with Crippen LogP contribution >= 0.6 is 0 Å². The summed E-state index contributed by atoms with van der Waals surface area (Å²) in [6.45, 7) is 4.61. The highest BCUT2D eigenvalue weighted by Crippen LogP contribution is 2.25. The Bertz CT molecular complexity index is 638. The van der Waals surface area contributed by atoms with Crippen LogP contribution in [0.5, 0.6) is 5.75 Å². The molecule has 5 heteroatoms. The summed E-state index contributed by atoms with van der Waals surface area (Å²) in [5.74, 6) is 1.56. The number of hydrogen-bond donors (Lipinski definition) is 1. The second-order valence-corrected chi connectivity index (χ2v) is 5.32. The van der Waals surface area contributed by atoms with Crippen LogP contribution in [0.2, 0.25) is 0 Å². The van der Waals surface area contributed by atoms with Crippen LogP contribution in [0.3, 0.4) is 0 Å². The van der Waals surface area contributed by atoms with Crippen molar-refractivity contribution in [3.63, 3.8) is 0 Å². The maximum Gasteiger partial charge on any atom is 0.252 e. The van der Waals surface area contributed by atoms with E-state index in [9.17, 15) is 4.79 Å². The minimum Gasteiger partial charge on any atom is -0.497 e. The Morgan fingerprint density at radius 3 is 2.48 bits per heavy atom. The van der Waals surface area contributed by atoms with E-state index in [1.807, 2.05) is 44.3 Å². The molecule has 23 heavy (non-hydrogen) atoms. The predicted octanol–water partition coefficient (Wildman–Crippen LogP) is 3.04. The fourth-order valence-electron chi connectivity index (χ4n) is 2.30. The molecule has 2 rings (SSSR count). The normalized spacial score (nSPS) is 11.7. The lowest BCUT2D eigenvalue weighted by Crippen LogP contribution is -2.24. The van der Waals surface area contributed by atoms with Gasteiger partial charge in [0.1, 0.15) is 11.6 Å². The van der Waals surface area contributed by atoms with Crippen LogP contribution in [0.15, 0.2) is 42.6 Å². The van der Waals surface area contributed by atoms with E-state index in [2.05, 4.69) is 22.1 Å². The summed E-state index contributed by atoms with van der Waals surface area (Å²) in [6.07, 6.45) is 1.61. The fraction of sp³-hybridized carbons (Fsp3) is 0.333. The van der Waals surface area contributed by atoms with Gasteiger partial charge in [-0.1, -0.05) is 12.1 Å². The zero-order chi connectivity index (χ0) is 16.8. The summed E-state index contributed by atoms with van der Waals surface area (Å²) in [5.41, 5.74) is 1.74. The average Bonchev–Trinajstić information content (AvgIpc) is 2.61. The third-order valence-electron chi connectivity index (χ3n) is 3.89. The number of aromatic nitrogens is 1. The quantitative estimate of drug-likeness (QED) is 0.890. The zero-order valence-electron chi connectivity index (χ0n) is 14.0. The van der Waals surface area contributed by atoms with E-state index in [0.29, 0.717) is 12.1 Å². The smallest absolute Gasteiger partial charge is 0.252 e. The van der Waals surface area contributed by atoms with Crippen molar-refractivity contribution in [2.24, 2.45) is 0 Å². The van der Waals surface area contributed by atoms with Gasteiger partial charge < -0.3 is 15.0 Å². The van der Waals surface area contributed by atoms with Crippen LogP contribution in [0.25, 0.3) is 0 Å². The number of amides is 1. The van der Waals surface area contributed by atoms with Crippen LogP contribution in [0.1, 0.15) is 35.8 Å². The number of carbonyl (C=O) groups is 1. The second kappa shape index (κ2) is 7.63. The molecule has 0 aliphatic carbocycles. The van der Waals surface area contributed by atoms with Crippen molar-refractivity contribution in [3.8, 4) is 5.75 Å². The van der Waals surface area contributed by atoms with Crippen LogP contribution < -0.4 is 15.0 Å². The molecule has 0 aliphatic heterocycles. The summed E-state index contributed by atoms with van der Waals surface area (Å²) in [7, 11) is 3.65. The summed E-state index contributed by atoms with van der Waals surface area (Å²) in [4.78, 5) is 18.2. The number of ether oxygens (including phenoxy) is 1. The highest BCUT2D eigenvalue weighted by atomic mass is 16.5. The Morgan fingerprint density at radius 1 is 1.26 bits per heavy atom. The van der Waals surface area contributed by atoms with Crippen molar-refractivity contribution in [2.75, 3.05) is 25.6 Å². The summed E-state index contributed by atoms with van der Waals surface area (Å²) in [6, 6.07) is 11.8. The van der Waals surface area contributed by atoms with Gasteiger partial charge in [-0.25, -0.2) is 4.98 Å². The number of benzene rings is 1. The Hall–Kier alpha value is -2.56. The molecule has 0 aliphatic rings. The Kier molecular flexibility index (Phi) is 5.57. The first-order valence-electron chi connectivity index (χ1n) is 7.67. The number of nitrogens with zero attached hydrogens (tertiary/aromatic N) is 2. The summed E-state index contributed by atoms with van der Waals surface area (Å²) < 4.78 is 5.19. The first kappa shape index (κ1) is 16.8. The molecule has 0 radical (unpaired) electrons. The van der Waals surface area contributed by atoms with Crippen LogP contribution in [-0.2, 0) is 0 Å². The Balaban J connectivity index is 2.12. The Morgan fingerprint density at radius 2 is 1.96 bits per heavy atom. The van der Waals surface area contributed by atoms with Crippen molar-refractivity contribution in [1.29, 1.82) is 0 Å². The van der Waals surface area contributed by atoms with E-state index >= 15 is 0 Å². The lowest BCUT2D eigenvalue weighted by Gasteiger charge is -2.26. The molecule has 2 aromatic rings. The van der Waals surface area contributed by atoms with Gasteiger partial charge in [0.15, 0.2) is 0 Å². The number of nitrogens with one attached hydrogen (secondary N) is 1. The maximum atomic E-state index is 11.8. The summed E-state index contributed by atoms with van der Waals surface area (Å²) in [5, 5.41) is 2.77. The van der Waals surface area contributed by atoms with Crippen molar-refractivity contribution in [1.82, 2.24) is 10.3 Å². The zero-order valence-corrected chi connectivity index (χ0v) is 14.0. The highest BCUT2D eigenvalue weighted by molar-refractivity contribution is 5.94. The summed E-state index contributed by atoms with van der Waals surface area (Å²) >= 11 is 0. The number of hydrogen-bond acceptors (Lipinski definition) is 4. The van der Waals surface area contributed by atoms with E-state index in [1.54, 1.807) is 19.4 Å². The molecule has 5 nitrogen and oxygen atoms in total. The van der Waals surface area contributed by atoms with Gasteiger partial charge in [-0.05, 0) is 43.7 Å². The fourth-order valence-corrected chi connectivity index (χ4v) is 2.30. The number of anilines is 1. The monoisotopic (exact) mass is 313 g/mol. The minimum atomic E-state index is -0.0996. The Labute approximate surface area is 137 Å². The van der Waals surface area contributed by atoms with Gasteiger partial charge in [-0.2, -0.15) is 0 Å². The maximum absolute atomic E-state index is 11.8. The SMILES string of the molecule is CCNC(=O)c1ccc(N(C)C(C)c2ccc(OC)cc2)nc1. The number of rotatable bonds is 6. The van der Waals surface area contributed by atoms with E-state index in [4.69, 9.17) is 4.74 Å². The number of carbonyl (C=O) groups excluding carboxylic acids is 1. The molecule has 1 unspecified atom stereocenters. The molecule has 1 aromatic heterocycles. The molecular weight excluding hydrogens is 290 g/mol. The largest absolute Gasteiger partial charge is 0.497 e. The molecule has 1 aromatic carbocycles. The van der Waals surface area contributed by atoms with Crippen molar-refractivity contribution in [3.05, 3.63) is 53.7 Å². The lowest BCUT2D eigenvalue weighted by atomic mass is 10.1. The van der Waals surface area contributed by atoms with E-state index in [1.165, 1.54) is 5.56 Å². The van der Waals surface area contributed by atoms with Gasteiger partial charge in [-0.3, -0.25) is 4.79 Å².